The molecule has 1 aliphatic rings. The minimum absolute atomic E-state index is 0.332. The van der Waals surface area contributed by atoms with Crippen LogP contribution < -0.4 is 5.32 Å². The molecule has 0 spiro atoms. The van der Waals surface area contributed by atoms with E-state index in [0.29, 0.717) is 24.2 Å². The summed E-state index contributed by atoms with van der Waals surface area (Å²) < 4.78 is 41.4. The summed E-state index contributed by atoms with van der Waals surface area (Å²) in [4.78, 5) is 0. The van der Waals surface area contributed by atoms with Crippen molar-refractivity contribution in [3.63, 3.8) is 0 Å². The quantitative estimate of drug-likeness (QED) is 0.846. The van der Waals surface area contributed by atoms with Crippen LogP contribution in [0.5, 0.6) is 0 Å². The monoisotopic (exact) mass is 253 g/mol. The summed E-state index contributed by atoms with van der Waals surface area (Å²) in [5.74, 6) is -2.85. The second kappa shape index (κ2) is 4.04. The molecule has 3 rings (SSSR count). The predicted molar refractivity (Wildman–Crippen MR) is 60.2 cm³/mol. The van der Waals surface area contributed by atoms with Crippen molar-refractivity contribution in [2.24, 2.45) is 0 Å². The van der Waals surface area contributed by atoms with Crippen molar-refractivity contribution in [3.8, 4) is 5.69 Å². The molecule has 94 valence electrons. The number of hydrogen-bond acceptors (Lipinski definition) is 2. The average Bonchev–Trinajstić information content (AvgIpc) is 2.72. The lowest BCUT2D eigenvalue weighted by atomic mass is 10.1. The zero-order valence-corrected chi connectivity index (χ0v) is 9.38. The van der Waals surface area contributed by atoms with E-state index < -0.39 is 17.5 Å². The number of nitrogens with one attached hydrogen (secondary N) is 1. The molecule has 6 heteroatoms. The van der Waals surface area contributed by atoms with E-state index in [1.165, 1.54) is 10.9 Å². The Kier molecular flexibility index (Phi) is 2.50. The molecule has 2 aromatic rings. The third-order valence-electron chi connectivity index (χ3n) is 2.97. The van der Waals surface area contributed by atoms with Crippen LogP contribution in [0.25, 0.3) is 5.69 Å². The lowest BCUT2D eigenvalue weighted by Gasteiger charge is -2.16. The molecule has 0 radical (unpaired) electrons. The summed E-state index contributed by atoms with van der Waals surface area (Å²) in [7, 11) is 0. The Bertz CT molecular complexity index is 584. The molecule has 1 N–H and O–H groups in total. The van der Waals surface area contributed by atoms with Gasteiger partial charge in [0.2, 0.25) is 0 Å². The molecule has 3 nitrogen and oxygen atoms in total. The Morgan fingerprint density at radius 2 is 1.89 bits per heavy atom. The van der Waals surface area contributed by atoms with Crippen molar-refractivity contribution in [1.29, 1.82) is 0 Å². The second-order valence-electron chi connectivity index (χ2n) is 4.17. The van der Waals surface area contributed by atoms with Crippen LogP contribution in [0.1, 0.15) is 12.1 Å². The maximum atomic E-state index is 13.7. The van der Waals surface area contributed by atoms with Crippen LogP contribution in [0.4, 0.5) is 18.9 Å². The fourth-order valence-electron chi connectivity index (χ4n) is 2.17. The van der Waals surface area contributed by atoms with Crippen molar-refractivity contribution in [3.05, 3.63) is 41.5 Å². The predicted octanol–water partition coefficient (Wildman–Crippen LogP) is 2.65. The molecule has 2 heterocycles. The van der Waals surface area contributed by atoms with Crippen LogP contribution in [-0.2, 0) is 6.42 Å². The fourth-order valence-corrected chi connectivity index (χ4v) is 2.17. The number of fused-ring (bicyclic) bond motifs is 1. The summed E-state index contributed by atoms with van der Waals surface area (Å²) in [5, 5.41) is 7.07. The highest BCUT2D eigenvalue weighted by Gasteiger charge is 2.21. The molecule has 1 aromatic carbocycles. The third-order valence-corrected chi connectivity index (χ3v) is 2.97. The van der Waals surface area contributed by atoms with Gasteiger partial charge in [0.1, 0.15) is 11.5 Å². The average molecular weight is 253 g/mol. The van der Waals surface area contributed by atoms with Crippen molar-refractivity contribution < 1.29 is 13.2 Å². The highest BCUT2D eigenvalue weighted by Crippen LogP contribution is 2.27. The third kappa shape index (κ3) is 1.64. The first-order chi connectivity index (χ1) is 8.66. The maximum Gasteiger partial charge on any atom is 0.154 e. The highest BCUT2D eigenvalue weighted by molar-refractivity contribution is 5.52. The van der Waals surface area contributed by atoms with E-state index in [-0.39, 0.29) is 5.69 Å². The van der Waals surface area contributed by atoms with E-state index >= 15 is 0 Å². The highest BCUT2D eigenvalue weighted by atomic mass is 19.1. The molecule has 0 saturated carbocycles. The Balaban J connectivity index is 2.18. The zero-order chi connectivity index (χ0) is 12.7. The summed E-state index contributed by atoms with van der Waals surface area (Å²) in [6, 6.07) is 1.31. The molecule has 18 heavy (non-hydrogen) atoms. The largest absolute Gasteiger partial charge is 0.382 e. The lowest BCUT2D eigenvalue weighted by Crippen LogP contribution is -2.15. The summed E-state index contributed by atoms with van der Waals surface area (Å²) in [5.41, 5.74) is 1.15. The molecule has 0 fully saturated rings. The lowest BCUT2D eigenvalue weighted by molar-refractivity contribution is 0.524. The fraction of sp³-hybridized carbons (Fsp3) is 0.250. The van der Waals surface area contributed by atoms with E-state index in [1.807, 2.05) is 0 Å². The van der Waals surface area contributed by atoms with Crippen LogP contribution in [-0.4, -0.2) is 16.3 Å². The van der Waals surface area contributed by atoms with Crippen LogP contribution in [0.15, 0.2) is 18.3 Å². The first-order valence-corrected chi connectivity index (χ1v) is 5.62. The van der Waals surface area contributed by atoms with Crippen LogP contribution in [0.2, 0.25) is 0 Å². The molecule has 0 bridgehead atoms. The number of rotatable bonds is 1. The van der Waals surface area contributed by atoms with Crippen molar-refractivity contribution >= 4 is 5.69 Å². The van der Waals surface area contributed by atoms with Gasteiger partial charge in [-0.2, -0.15) is 5.10 Å². The van der Waals surface area contributed by atoms with Crippen LogP contribution in [0, 0.1) is 17.5 Å². The van der Waals surface area contributed by atoms with Gasteiger partial charge in [0.15, 0.2) is 11.6 Å². The van der Waals surface area contributed by atoms with Gasteiger partial charge in [-0.05, 0) is 12.8 Å². The Morgan fingerprint density at radius 1 is 1.17 bits per heavy atom. The van der Waals surface area contributed by atoms with Gasteiger partial charge in [-0.3, -0.25) is 0 Å². The van der Waals surface area contributed by atoms with E-state index in [4.69, 9.17) is 0 Å². The number of hydrogen-bond donors (Lipinski definition) is 1. The van der Waals surface area contributed by atoms with Gasteiger partial charge < -0.3 is 5.32 Å². The molecular weight excluding hydrogens is 243 g/mol. The van der Waals surface area contributed by atoms with Crippen molar-refractivity contribution in [1.82, 2.24) is 9.78 Å². The topological polar surface area (TPSA) is 29.9 Å². The maximum absolute atomic E-state index is 13.7. The van der Waals surface area contributed by atoms with E-state index in [2.05, 4.69) is 10.4 Å². The SMILES string of the molecule is Fc1cc(F)c(-n2ncc3c2CCCN3)c(F)c1. The van der Waals surface area contributed by atoms with E-state index in [1.54, 1.807) is 0 Å². The Labute approximate surface area is 101 Å². The zero-order valence-electron chi connectivity index (χ0n) is 9.38. The van der Waals surface area contributed by atoms with E-state index in [0.717, 1.165) is 18.7 Å². The van der Waals surface area contributed by atoms with Gasteiger partial charge in [0, 0.05) is 18.7 Å². The van der Waals surface area contributed by atoms with Crippen LogP contribution in [0.3, 0.4) is 0 Å². The normalized spacial score (nSPS) is 14.2. The second-order valence-corrected chi connectivity index (χ2v) is 4.17. The molecule has 0 aliphatic carbocycles. The number of halogens is 3. The number of aromatic nitrogens is 2. The minimum atomic E-state index is -0.955. The number of nitrogens with zero attached hydrogens (tertiary/aromatic N) is 2. The van der Waals surface area contributed by atoms with Crippen molar-refractivity contribution in [2.75, 3.05) is 11.9 Å². The first-order valence-electron chi connectivity index (χ1n) is 5.62. The first kappa shape index (κ1) is 11.1. The summed E-state index contributed by atoms with van der Waals surface area (Å²) in [6.07, 6.45) is 3.07. The van der Waals surface area contributed by atoms with Crippen LogP contribution >= 0.6 is 0 Å². The van der Waals surface area contributed by atoms with Gasteiger partial charge in [-0.15, -0.1) is 0 Å². The summed E-state index contributed by atoms with van der Waals surface area (Å²) in [6.45, 7) is 0.813. The van der Waals surface area contributed by atoms with Gasteiger partial charge >= 0.3 is 0 Å². The summed E-state index contributed by atoms with van der Waals surface area (Å²) >= 11 is 0. The molecule has 0 saturated heterocycles. The van der Waals surface area contributed by atoms with E-state index in [9.17, 15) is 13.2 Å². The Hall–Kier alpha value is -1.98. The Morgan fingerprint density at radius 3 is 2.61 bits per heavy atom. The van der Waals surface area contributed by atoms with Gasteiger partial charge in [0.05, 0.1) is 17.6 Å². The molecule has 1 aliphatic heterocycles. The molecule has 0 unspecified atom stereocenters. The number of benzene rings is 1. The molecular formula is C12H10F3N3. The standard InChI is InChI=1S/C12H10F3N3/c13-7-4-8(14)12(9(15)5-7)18-11-2-1-3-16-10(11)6-17-18/h4-6,16H,1-3H2. The number of anilines is 1. The minimum Gasteiger partial charge on any atom is -0.382 e. The molecule has 1 aromatic heterocycles. The molecule has 0 amide bonds. The van der Waals surface area contributed by atoms with Crippen molar-refractivity contribution in [2.45, 2.75) is 12.8 Å². The van der Waals surface area contributed by atoms with Gasteiger partial charge in [-0.1, -0.05) is 0 Å². The van der Waals surface area contributed by atoms with Gasteiger partial charge in [0.25, 0.3) is 0 Å². The molecule has 0 atom stereocenters. The van der Waals surface area contributed by atoms with Gasteiger partial charge in [-0.25, -0.2) is 17.9 Å². The smallest absolute Gasteiger partial charge is 0.154 e.